The molecule has 3 rings (SSSR count). The molecule has 0 fully saturated rings. The van der Waals surface area contributed by atoms with Crippen LogP contribution in [0.2, 0.25) is 0 Å². The lowest BCUT2D eigenvalue weighted by atomic mass is 10.1. The topological polar surface area (TPSA) is 51.8 Å². The van der Waals surface area contributed by atoms with Crippen molar-refractivity contribution in [2.75, 3.05) is 12.0 Å². The molecule has 0 spiro atoms. The Morgan fingerprint density at radius 2 is 2.00 bits per heavy atom. The van der Waals surface area contributed by atoms with E-state index in [1.165, 1.54) is 0 Å². The molecule has 5 heteroatoms. The monoisotopic (exact) mass is 287 g/mol. The van der Waals surface area contributed by atoms with Crippen molar-refractivity contribution in [1.29, 1.82) is 0 Å². The summed E-state index contributed by atoms with van der Waals surface area (Å²) in [5.74, 6) is 2.17. The molecule has 19 heavy (non-hydrogen) atoms. The summed E-state index contributed by atoms with van der Waals surface area (Å²) in [7, 11) is 0. The first-order valence-electron chi connectivity index (χ1n) is 5.87. The molecule has 0 unspecified atom stereocenters. The van der Waals surface area contributed by atoms with Crippen molar-refractivity contribution in [3.8, 4) is 11.1 Å². The van der Waals surface area contributed by atoms with Crippen LogP contribution in [0.4, 0.5) is 5.82 Å². The zero-order chi connectivity index (χ0) is 13.2. The zero-order valence-corrected chi connectivity index (χ0v) is 12.1. The summed E-state index contributed by atoms with van der Waals surface area (Å²) < 4.78 is 0. The van der Waals surface area contributed by atoms with E-state index in [1.807, 2.05) is 24.5 Å². The fourth-order valence-corrected chi connectivity index (χ4v) is 3.40. The molecule has 0 saturated heterocycles. The first-order valence-corrected chi connectivity index (χ1v) is 8.15. The quantitative estimate of drug-likeness (QED) is 0.796. The van der Waals surface area contributed by atoms with Crippen LogP contribution in [0.5, 0.6) is 0 Å². The molecule has 0 saturated carbocycles. The second-order valence-electron chi connectivity index (χ2n) is 4.15. The van der Waals surface area contributed by atoms with Crippen LogP contribution < -0.4 is 5.73 Å². The largest absolute Gasteiger partial charge is 0.383 e. The smallest absolute Gasteiger partial charge is 0.142 e. The maximum absolute atomic E-state index is 6.12. The van der Waals surface area contributed by atoms with E-state index in [9.17, 15) is 0 Å². The van der Waals surface area contributed by atoms with Gasteiger partial charge in [0.25, 0.3) is 0 Å². The Morgan fingerprint density at radius 3 is 2.74 bits per heavy atom. The number of fused-ring (bicyclic) bond motifs is 1. The summed E-state index contributed by atoms with van der Waals surface area (Å²) in [5, 5.41) is 3.08. The summed E-state index contributed by atoms with van der Waals surface area (Å²) in [4.78, 5) is 9.95. The highest BCUT2D eigenvalue weighted by Crippen LogP contribution is 2.35. The molecule has 0 aliphatic rings. The third-order valence-electron chi connectivity index (χ3n) is 2.87. The molecule has 0 atom stereocenters. The molecule has 1 aromatic carbocycles. The van der Waals surface area contributed by atoms with E-state index in [0.717, 1.165) is 32.9 Å². The van der Waals surface area contributed by atoms with E-state index in [2.05, 4.69) is 27.5 Å². The van der Waals surface area contributed by atoms with E-state index >= 15 is 0 Å². The normalized spacial score (nSPS) is 11.0. The van der Waals surface area contributed by atoms with Gasteiger partial charge in [0.1, 0.15) is 16.5 Å². The van der Waals surface area contributed by atoms with Gasteiger partial charge in [0.2, 0.25) is 0 Å². The standard InChI is InChI=1S/C14H13N3S2/c1-18-8-11-16-13(15)12-10(7-19-14(12)17-11)9-5-3-2-4-6-9/h2-7H,8H2,1H3,(H2,15,16,17). The van der Waals surface area contributed by atoms with Crippen molar-refractivity contribution in [3.05, 3.63) is 41.5 Å². The van der Waals surface area contributed by atoms with E-state index < -0.39 is 0 Å². The lowest BCUT2D eigenvalue weighted by Crippen LogP contribution is -1.98. The van der Waals surface area contributed by atoms with Gasteiger partial charge in [0, 0.05) is 10.9 Å². The second kappa shape index (κ2) is 5.19. The summed E-state index contributed by atoms with van der Waals surface area (Å²) in [6, 6.07) is 10.2. The number of nitrogens with zero attached hydrogens (tertiary/aromatic N) is 2. The van der Waals surface area contributed by atoms with Crippen molar-refractivity contribution in [2.24, 2.45) is 0 Å². The van der Waals surface area contributed by atoms with Crippen LogP contribution in [-0.2, 0) is 5.75 Å². The van der Waals surface area contributed by atoms with Crippen LogP contribution in [0.3, 0.4) is 0 Å². The van der Waals surface area contributed by atoms with Crippen LogP contribution in [0, 0.1) is 0 Å². The van der Waals surface area contributed by atoms with Gasteiger partial charge in [-0.15, -0.1) is 11.3 Å². The first kappa shape index (κ1) is 12.4. The number of aromatic nitrogens is 2. The van der Waals surface area contributed by atoms with Gasteiger partial charge in [-0.05, 0) is 11.8 Å². The molecule has 3 nitrogen and oxygen atoms in total. The molecule has 2 N–H and O–H groups in total. The number of hydrogen-bond donors (Lipinski definition) is 1. The minimum absolute atomic E-state index is 0.578. The third-order valence-corrected chi connectivity index (χ3v) is 4.29. The van der Waals surface area contributed by atoms with Gasteiger partial charge in [0.05, 0.1) is 11.1 Å². The molecule has 0 aliphatic heterocycles. The third kappa shape index (κ3) is 2.31. The minimum Gasteiger partial charge on any atom is -0.383 e. The number of nitrogens with two attached hydrogens (primary N) is 1. The molecular weight excluding hydrogens is 274 g/mol. The number of hydrogen-bond acceptors (Lipinski definition) is 5. The van der Waals surface area contributed by atoms with Crippen LogP contribution in [0.15, 0.2) is 35.7 Å². The van der Waals surface area contributed by atoms with Crippen molar-refractivity contribution in [2.45, 2.75) is 5.75 Å². The Bertz CT molecular complexity index is 707. The zero-order valence-electron chi connectivity index (χ0n) is 10.5. The van der Waals surface area contributed by atoms with Crippen LogP contribution in [0.25, 0.3) is 21.3 Å². The second-order valence-corrected chi connectivity index (χ2v) is 5.88. The number of anilines is 1. The molecule has 2 aromatic heterocycles. The van der Waals surface area contributed by atoms with Crippen molar-refractivity contribution in [3.63, 3.8) is 0 Å². The Kier molecular flexibility index (Phi) is 3.40. The summed E-state index contributed by atoms with van der Waals surface area (Å²) in [6.07, 6.45) is 2.04. The fourth-order valence-electron chi connectivity index (χ4n) is 2.04. The average molecular weight is 287 g/mol. The molecule has 3 aromatic rings. The SMILES string of the molecule is CSCc1nc(N)c2c(-c3ccccc3)csc2n1. The van der Waals surface area contributed by atoms with Crippen molar-refractivity contribution in [1.82, 2.24) is 9.97 Å². The van der Waals surface area contributed by atoms with Crippen LogP contribution in [0.1, 0.15) is 5.82 Å². The van der Waals surface area contributed by atoms with Gasteiger partial charge in [-0.1, -0.05) is 30.3 Å². The van der Waals surface area contributed by atoms with Crippen molar-refractivity contribution >= 4 is 39.1 Å². The van der Waals surface area contributed by atoms with Gasteiger partial charge in [-0.2, -0.15) is 11.8 Å². The average Bonchev–Trinajstić information content (AvgIpc) is 2.84. The van der Waals surface area contributed by atoms with Gasteiger partial charge in [-0.25, -0.2) is 9.97 Å². The Hall–Kier alpha value is -1.59. The Balaban J connectivity index is 2.19. The van der Waals surface area contributed by atoms with Crippen molar-refractivity contribution < 1.29 is 0 Å². The molecule has 0 amide bonds. The van der Waals surface area contributed by atoms with Crippen LogP contribution in [-0.4, -0.2) is 16.2 Å². The van der Waals surface area contributed by atoms with Gasteiger partial charge in [-0.3, -0.25) is 0 Å². The fraction of sp³-hybridized carbons (Fsp3) is 0.143. The highest BCUT2D eigenvalue weighted by Gasteiger charge is 2.13. The van der Waals surface area contributed by atoms with E-state index in [1.54, 1.807) is 23.1 Å². The summed E-state index contributed by atoms with van der Waals surface area (Å²) in [5.41, 5.74) is 8.39. The minimum atomic E-state index is 0.578. The lowest BCUT2D eigenvalue weighted by Gasteiger charge is -2.04. The van der Waals surface area contributed by atoms with Gasteiger partial charge in [0.15, 0.2) is 0 Å². The maximum atomic E-state index is 6.12. The highest BCUT2D eigenvalue weighted by molar-refractivity contribution is 7.97. The predicted molar refractivity (Wildman–Crippen MR) is 84.5 cm³/mol. The molecule has 0 radical (unpaired) electrons. The predicted octanol–water partition coefficient (Wildman–Crippen LogP) is 3.80. The van der Waals surface area contributed by atoms with Crippen LogP contribution >= 0.6 is 23.1 Å². The maximum Gasteiger partial charge on any atom is 0.142 e. The van der Waals surface area contributed by atoms with Gasteiger partial charge >= 0.3 is 0 Å². The Morgan fingerprint density at radius 1 is 1.21 bits per heavy atom. The molecule has 2 heterocycles. The van der Waals surface area contributed by atoms with E-state index in [4.69, 9.17) is 5.73 Å². The summed E-state index contributed by atoms with van der Waals surface area (Å²) >= 11 is 3.32. The molecular formula is C14H13N3S2. The molecule has 0 bridgehead atoms. The number of thioether (sulfide) groups is 1. The number of nitrogen functional groups attached to an aromatic ring is 1. The number of thiophene rings is 1. The van der Waals surface area contributed by atoms with Gasteiger partial charge < -0.3 is 5.73 Å². The number of rotatable bonds is 3. The molecule has 0 aliphatic carbocycles. The van der Waals surface area contributed by atoms with E-state index in [-0.39, 0.29) is 0 Å². The first-order chi connectivity index (χ1) is 9.29. The summed E-state index contributed by atoms with van der Waals surface area (Å²) in [6.45, 7) is 0. The number of benzene rings is 1. The molecule has 96 valence electrons. The highest BCUT2D eigenvalue weighted by atomic mass is 32.2. The van der Waals surface area contributed by atoms with E-state index in [0.29, 0.717) is 5.82 Å². The lowest BCUT2D eigenvalue weighted by molar-refractivity contribution is 1.08. The Labute approximate surface area is 119 Å².